The topological polar surface area (TPSA) is 38.7 Å². The van der Waals surface area contributed by atoms with Crippen molar-refractivity contribution in [3.05, 3.63) is 0 Å². The minimum absolute atomic E-state index is 0.0336. The number of hydrogen-bond donors (Lipinski definition) is 1. The van der Waals surface area contributed by atoms with Crippen molar-refractivity contribution in [2.75, 3.05) is 6.61 Å². The highest BCUT2D eigenvalue weighted by Crippen LogP contribution is 2.20. The third kappa shape index (κ3) is 2.19. The molecule has 0 unspecified atom stereocenters. The van der Waals surface area contributed by atoms with Crippen molar-refractivity contribution >= 4 is 0 Å². The molecule has 1 N–H and O–H groups in total. The minimum Gasteiger partial charge on any atom is -0.388 e. The Kier molecular flexibility index (Phi) is 3.50. The summed E-state index contributed by atoms with van der Waals surface area (Å²) in [7, 11) is 0. The van der Waals surface area contributed by atoms with E-state index in [1.807, 2.05) is 20.8 Å². The maximum Gasteiger partial charge on any atom is 0.110 e. The van der Waals surface area contributed by atoms with Crippen LogP contribution in [0.1, 0.15) is 27.2 Å². The second-order valence-electron chi connectivity index (χ2n) is 3.49. The highest BCUT2D eigenvalue weighted by Gasteiger charge is 2.35. The SMILES string of the molecule is CC[C@@H]1OC[C@@H](OC(C)C)[C@H]1O. The normalized spacial score (nSPS) is 36.2. The Morgan fingerprint density at radius 1 is 1.58 bits per heavy atom. The molecule has 0 aromatic heterocycles. The predicted molar refractivity (Wildman–Crippen MR) is 46.0 cm³/mol. The van der Waals surface area contributed by atoms with Gasteiger partial charge in [0, 0.05) is 0 Å². The first-order valence-corrected chi connectivity index (χ1v) is 4.60. The quantitative estimate of drug-likeness (QED) is 0.692. The molecule has 0 amide bonds. The van der Waals surface area contributed by atoms with Gasteiger partial charge in [0.15, 0.2) is 0 Å². The molecule has 72 valence electrons. The zero-order valence-corrected chi connectivity index (χ0v) is 7.99. The summed E-state index contributed by atoms with van der Waals surface area (Å²) in [5.74, 6) is 0. The summed E-state index contributed by atoms with van der Waals surface area (Å²) < 4.78 is 10.8. The maximum atomic E-state index is 9.65. The largest absolute Gasteiger partial charge is 0.388 e. The lowest BCUT2D eigenvalue weighted by Gasteiger charge is -2.18. The summed E-state index contributed by atoms with van der Waals surface area (Å²) in [6.07, 6.45) is 0.393. The average molecular weight is 174 g/mol. The van der Waals surface area contributed by atoms with Crippen molar-refractivity contribution in [3.8, 4) is 0 Å². The van der Waals surface area contributed by atoms with E-state index in [-0.39, 0.29) is 18.3 Å². The van der Waals surface area contributed by atoms with E-state index in [1.54, 1.807) is 0 Å². The monoisotopic (exact) mass is 174 g/mol. The third-order valence-electron chi connectivity index (χ3n) is 2.09. The molecule has 0 saturated carbocycles. The van der Waals surface area contributed by atoms with Crippen LogP contribution in [0.3, 0.4) is 0 Å². The predicted octanol–water partition coefficient (Wildman–Crippen LogP) is 0.950. The smallest absolute Gasteiger partial charge is 0.110 e. The van der Waals surface area contributed by atoms with E-state index in [4.69, 9.17) is 9.47 Å². The van der Waals surface area contributed by atoms with Gasteiger partial charge in [-0.05, 0) is 20.3 Å². The van der Waals surface area contributed by atoms with Gasteiger partial charge in [0.2, 0.25) is 0 Å². The first kappa shape index (κ1) is 9.96. The second-order valence-corrected chi connectivity index (χ2v) is 3.49. The standard InChI is InChI=1S/C9H18O3/c1-4-7-9(10)8(5-11-7)12-6(2)3/h6-10H,4-5H2,1-3H3/t7-,8+,9-/m0/s1. The molecule has 1 saturated heterocycles. The average Bonchev–Trinajstić information content (AvgIpc) is 2.32. The molecule has 1 aliphatic rings. The zero-order valence-electron chi connectivity index (χ0n) is 7.99. The number of ether oxygens (including phenoxy) is 2. The molecule has 0 aromatic carbocycles. The minimum atomic E-state index is -0.447. The van der Waals surface area contributed by atoms with Crippen LogP contribution in [0.25, 0.3) is 0 Å². The lowest BCUT2D eigenvalue weighted by Crippen LogP contribution is -2.33. The molecule has 1 heterocycles. The van der Waals surface area contributed by atoms with Gasteiger partial charge in [0.05, 0.1) is 18.8 Å². The van der Waals surface area contributed by atoms with Crippen LogP contribution in [-0.4, -0.2) is 36.1 Å². The number of aliphatic hydroxyl groups is 1. The first-order valence-electron chi connectivity index (χ1n) is 4.60. The van der Waals surface area contributed by atoms with Crippen molar-refractivity contribution in [2.24, 2.45) is 0 Å². The summed E-state index contributed by atoms with van der Waals surface area (Å²) in [6, 6.07) is 0. The van der Waals surface area contributed by atoms with Crippen LogP contribution in [0.5, 0.6) is 0 Å². The first-order chi connectivity index (χ1) is 5.65. The molecule has 0 bridgehead atoms. The lowest BCUT2D eigenvalue weighted by atomic mass is 10.1. The summed E-state index contributed by atoms with van der Waals surface area (Å²) in [6.45, 7) is 6.46. The maximum absolute atomic E-state index is 9.65. The van der Waals surface area contributed by atoms with Crippen LogP contribution in [-0.2, 0) is 9.47 Å². The van der Waals surface area contributed by atoms with Crippen molar-refractivity contribution in [1.82, 2.24) is 0 Å². The Labute approximate surface area is 73.7 Å². The van der Waals surface area contributed by atoms with Gasteiger partial charge >= 0.3 is 0 Å². The third-order valence-corrected chi connectivity index (χ3v) is 2.09. The van der Waals surface area contributed by atoms with Gasteiger partial charge in [0.1, 0.15) is 12.2 Å². The van der Waals surface area contributed by atoms with E-state index in [0.29, 0.717) is 6.61 Å². The van der Waals surface area contributed by atoms with Gasteiger partial charge in [0.25, 0.3) is 0 Å². The summed E-state index contributed by atoms with van der Waals surface area (Å²) >= 11 is 0. The van der Waals surface area contributed by atoms with E-state index >= 15 is 0 Å². The zero-order chi connectivity index (χ0) is 9.14. The van der Waals surface area contributed by atoms with Gasteiger partial charge in [-0.1, -0.05) is 6.92 Å². The van der Waals surface area contributed by atoms with E-state index in [0.717, 1.165) is 6.42 Å². The van der Waals surface area contributed by atoms with Gasteiger partial charge in [-0.25, -0.2) is 0 Å². The van der Waals surface area contributed by atoms with Gasteiger partial charge in [-0.3, -0.25) is 0 Å². The Bertz CT molecular complexity index is 136. The summed E-state index contributed by atoms with van der Waals surface area (Å²) in [5, 5.41) is 9.65. The van der Waals surface area contributed by atoms with Gasteiger partial charge < -0.3 is 14.6 Å². The fourth-order valence-corrected chi connectivity index (χ4v) is 1.48. The van der Waals surface area contributed by atoms with Crippen molar-refractivity contribution < 1.29 is 14.6 Å². The molecule has 12 heavy (non-hydrogen) atoms. The van der Waals surface area contributed by atoms with E-state index in [2.05, 4.69) is 0 Å². The molecule has 0 aromatic rings. The molecule has 3 atom stereocenters. The van der Waals surface area contributed by atoms with Crippen LogP contribution in [0, 0.1) is 0 Å². The molecular formula is C9H18O3. The molecule has 3 heteroatoms. The van der Waals surface area contributed by atoms with Crippen LogP contribution >= 0.6 is 0 Å². The van der Waals surface area contributed by atoms with Crippen molar-refractivity contribution in [3.63, 3.8) is 0 Å². The highest BCUT2D eigenvalue weighted by molar-refractivity contribution is 4.83. The highest BCUT2D eigenvalue weighted by atomic mass is 16.6. The van der Waals surface area contributed by atoms with E-state index < -0.39 is 6.10 Å². The Morgan fingerprint density at radius 2 is 2.25 bits per heavy atom. The molecule has 1 rings (SSSR count). The molecule has 0 spiro atoms. The van der Waals surface area contributed by atoms with E-state index in [1.165, 1.54) is 0 Å². The Hall–Kier alpha value is -0.120. The van der Waals surface area contributed by atoms with Gasteiger partial charge in [-0.15, -0.1) is 0 Å². The van der Waals surface area contributed by atoms with Crippen LogP contribution in [0.2, 0.25) is 0 Å². The van der Waals surface area contributed by atoms with Crippen LogP contribution < -0.4 is 0 Å². The molecule has 0 aliphatic carbocycles. The number of aliphatic hydroxyl groups excluding tert-OH is 1. The second kappa shape index (κ2) is 4.21. The molecular weight excluding hydrogens is 156 g/mol. The van der Waals surface area contributed by atoms with Crippen molar-refractivity contribution in [1.29, 1.82) is 0 Å². The fraction of sp³-hybridized carbons (Fsp3) is 1.00. The Morgan fingerprint density at radius 3 is 2.67 bits per heavy atom. The van der Waals surface area contributed by atoms with Crippen LogP contribution in [0.4, 0.5) is 0 Å². The van der Waals surface area contributed by atoms with Gasteiger partial charge in [-0.2, -0.15) is 0 Å². The summed E-state index contributed by atoms with van der Waals surface area (Å²) in [4.78, 5) is 0. The molecule has 1 fully saturated rings. The Balaban J connectivity index is 2.38. The number of rotatable bonds is 3. The van der Waals surface area contributed by atoms with E-state index in [9.17, 15) is 5.11 Å². The lowest BCUT2D eigenvalue weighted by molar-refractivity contribution is -0.0462. The van der Waals surface area contributed by atoms with Crippen molar-refractivity contribution in [2.45, 2.75) is 51.6 Å². The molecule has 0 radical (unpaired) electrons. The summed E-state index contributed by atoms with van der Waals surface area (Å²) in [5.41, 5.74) is 0. The van der Waals surface area contributed by atoms with Crippen LogP contribution in [0.15, 0.2) is 0 Å². The molecule has 1 aliphatic heterocycles. The molecule has 3 nitrogen and oxygen atoms in total. The fourth-order valence-electron chi connectivity index (χ4n) is 1.48. The number of hydrogen-bond acceptors (Lipinski definition) is 3.